The summed E-state index contributed by atoms with van der Waals surface area (Å²) in [6.07, 6.45) is 4.10. The molecule has 2 saturated heterocycles. The molecule has 6 nitrogen and oxygen atoms in total. The summed E-state index contributed by atoms with van der Waals surface area (Å²) in [4.78, 5) is 19.0. The van der Waals surface area contributed by atoms with E-state index in [9.17, 15) is 4.79 Å². The number of benzene rings is 1. The minimum Gasteiger partial charge on any atom is -0.347 e. The monoisotopic (exact) mass is 367 g/mol. The van der Waals surface area contributed by atoms with E-state index >= 15 is 0 Å². The van der Waals surface area contributed by atoms with Gasteiger partial charge in [0.15, 0.2) is 5.79 Å². The number of nitrogens with one attached hydrogen (secondary N) is 1. The van der Waals surface area contributed by atoms with Crippen LogP contribution in [0.5, 0.6) is 0 Å². The van der Waals surface area contributed by atoms with E-state index in [0.29, 0.717) is 31.9 Å². The van der Waals surface area contributed by atoms with E-state index in [1.807, 2.05) is 29.2 Å². The van der Waals surface area contributed by atoms with Gasteiger partial charge in [0.05, 0.1) is 18.8 Å². The van der Waals surface area contributed by atoms with Gasteiger partial charge >= 0.3 is 0 Å². The fourth-order valence-electron chi connectivity index (χ4n) is 3.58. The molecule has 1 N–H and O–H groups in total. The smallest absolute Gasteiger partial charge is 0.255 e. The van der Waals surface area contributed by atoms with Gasteiger partial charge in [0.2, 0.25) is 0 Å². The van der Waals surface area contributed by atoms with Crippen LogP contribution in [-0.4, -0.2) is 47.9 Å². The summed E-state index contributed by atoms with van der Waals surface area (Å²) in [6, 6.07) is 11.9. The van der Waals surface area contributed by atoms with Gasteiger partial charge in [-0.1, -0.05) is 19.1 Å². The number of aromatic nitrogens is 1. The minimum atomic E-state index is -0.462. The zero-order valence-electron chi connectivity index (χ0n) is 15.6. The van der Waals surface area contributed by atoms with Gasteiger partial charge in [-0.2, -0.15) is 0 Å². The Hall–Kier alpha value is -2.44. The minimum absolute atomic E-state index is 0.00851. The van der Waals surface area contributed by atoms with Crippen LogP contribution in [0.2, 0.25) is 0 Å². The number of carbonyl (C=O) groups is 1. The summed E-state index contributed by atoms with van der Waals surface area (Å²) in [5, 5.41) is 3.26. The number of pyridine rings is 1. The van der Waals surface area contributed by atoms with E-state index < -0.39 is 5.79 Å². The molecular formula is C21H25N3O3. The molecule has 1 aromatic carbocycles. The Morgan fingerprint density at radius 3 is 2.41 bits per heavy atom. The number of anilines is 2. The van der Waals surface area contributed by atoms with Crippen molar-refractivity contribution >= 4 is 17.4 Å². The van der Waals surface area contributed by atoms with Gasteiger partial charge in [-0.05, 0) is 36.2 Å². The van der Waals surface area contributed by atoms with Crippen LogP contribution in [0.4, 0.5) is 11.5 Å². The third-order valence-corrected chi connectivity index (χ3v) is 5.27. The van der Waals surface area contributed by atoms with E-state index in [2.05, 4.69) is 29.4 Å². The summed E-state index contributed by atoms with van der Waals surface area (Å²) in [5.41, 5.74) is 2.88. The molecule has 6 heteroatoms. The van der Waals surface area contributed by atoms with Crippen LogP contribution in [0, 0.1) is 0 Å². The predicted octanol–water partition coefficient (Wildman–Crippen LogP) is 3.37. The standard InChI is InChI=1S/C21H25N3O3/c1-2-16-3-6-18(7-4-16)23-19-8-5-17(15-22-19)20(25)24-11-9-21(10-12-24)26-13-14-27-21/h3-8,15H,2,9-14H2,1H3,(H,22,23). The van der Waals surface area contributed by atoms with Crippen molar-refractivity contribution in [3.8, 4) is 0 Å². The molecule has 0 radical (unpaired) electrons. The molecule has 0 atom stereocenters. The average molecular weight is 367 g/mol. The van der Waals surface area contributed by atoms with E-state index in [1.54, 1.807) is 6.20 Å². The molecule has 2 aromatic rings. The van der Waals surface area contributed by atoms with Gasteiger partial charge < -0.3 is 19.7 Å². The fraction of sp³-hybridized carbons (Fsp3) is 0.429. The summed E-state index contributed by atoms with van der Waals surface area (Å²) < 4.78 is 11.4. The van der Waals surface area contributed by atoms with Crippen LogP contribution >= 0.6 is 0 Å². The van der Waals surface area contributed by atoms with E-state index in [4.69, 9.17) is 9.47 Å². The summed E-state index contributed by atoms with van der Waals surface area (Å²) >= 11 is 0. The van der Waals surface area contributed by atoms with E-state index in [-0.39, 0.29) is 5.91 Å². The van der Waals surface area contributed by atoms with Crippen molar-refractivity contribution in [1.82, 2.24) is 9.88 Å². The highest BCUT2D eigenvalue weighted by Gasteiger charge is 2.40. The molecule has 1 amide bonds. The van der Waals surface area contributed by atoms with Gasteiger partial charge in [-0.3, -0.25) is 4.79 Å². The van der Waals surface area contributed by atoms with Crippen molar-refractivity contribution in [1.29, 1.82) is 0 Å². The van der Waals surface area contributed by atoms with Crippen molar-refractivity contribution in [2.75, 3.05) is 31.6 Å². The molecule has 1 spiro atoms. The Bertz CT molecular complexity index is 773. The molecule has 4 rings (SSSR count). The number of nitrogens with zero attached hydrogens (tertiary/aromatic N) is 2. The molecule has 0 bridgehead atoms. The van der Waals surface area contributed by atoms with Gasteiger partial charge in [0.1, 0.15) is 5.82 Å². The molecule has 1 aromatic heterocycles. The maximum absolute atomic E-state index is 12.7. The molecule has 0 saturated carbocycles. The lowest BCUT2D eigenvalue weighted by molar-refractivity contribution is -0.181. The maximum Gasteiger partial charge on any atom is 0.255 e. The lowest BCUT2D eigenvalue weighted by Gasteiger charge is -2.37. The molecule has 0 aliphatic carbocycles. The van der Waals surface area contributed by atoms with Crippen molar-refractivity contribution in [2.45, 2.75) is 32.0 Å². The number of hydrogen-bond acceptors (Lipinski definition) is 5. The van der Waals surface area contributed by atoms with Crippen LogP contribution in [0.15, 0.2) is 42.6 Å². The third kappa shape index (κ3) is 3.96. The van der Waals surface area contributed by atoms with Gasteiger partial charge in [0, 0.05) is 37.8 Å². The van der Waals surface area contributed by atoms with Crippen molar-refractivity contribution in [3.63, 3.8) is 0 Å². The van der Waals surface area contributed by atoms with Crippen molar-refractivity contribution < 1.29 is 14.3 Å². The Kier molecular flexibility index (Phi) is 5.09. The summed E-state index contributed by atoms with van der Waals surface area (Å²) in [6.45, 7) is 4.71. The first kappa shape index (κ1) is 17.9. The number of rotatable bonds is 4. The van der Waals surface area contributed by atoms with Crippen molar-refractivity contribution in [2.24, 2.45) is 0 Å². The molecule has 3 heterocycles. The Labute approximate surface area is 159 Å². The zero-order chi connectivity index (χ0) is 18.7. The van der Waals surface area contributed by atoms with E-state index in [0.717, 1.165) is 30.8 Å². The predicted molar refractivity (Wildman–Crippen MR) is 103 cm³/mol. The molecule has 2 fully saturated rings. The van der Waals surface area contributed by atoms with Crippen LogP contribution in [0.1, 0.15) is 35.7 Å². The Morgan fingerprint density at radius 2 is 1.81 bits per heavy atom. The van der Waals surface area contributed by atoms with Gasteiger partial charge in [-0.15, -0.1) is 0 Å². The quantitative estimate of drug-likeness (QED) is 0.898. The molecular weight excluding hydrogens is 342 g/mol. The second-order valence-electron chi connectivity index (χ2n) is 7.01. The van der Waals surface area contributed by atoms with Crippen LogP contribution < -0.4 is 5.32 Å². The van der Waals surface area contributed by atoms with Crippen LogP contribution in [0.3, 0.4) is 0 Å². The number of piperidine rings is 1. The Balaban J connectivity index is 1.36. The highest BCUT2D eigenvalue weighted by atomic mass is 16.7. The molecule has 2 aliphatic rings. The topological polar surface area (TPSA) is 63.7 Å². The SMILES string of the molecule is CCc1ccc(Nc2ccc(C(=O)N3CCC4(CC3)OCCO4)cn2)cc1. The zero-order valence-corrected chi connectivity index (χ0v) is 15.6. The number of hydrogen-bond donors (Lipinski definition) is 1. The number of amides is 1. The van der Waals surface area contributed by atoms with Gasteiger partial charge in [0.25, 0.3) is 5.91 Å². The Morgan fingerprint density at radius 1 is 1.11 bits per heavy atom. The molecule has 2 aliphatic heterocycles. The second kappa shape index (κ2) is 7.66. The lowest BCUT2D eigenvalue weighted by Crippen LogP contribution is -2.47. The van der Waals surface area contributed by atoms with Crippen molar-refractivity contribution in [3.05, 3.63) is 53.7 Å². The highest BCUT2D eigenvalue weighted by molar-refractivity contribution is 5.94. The number of likely N-dealkylation sites (tertiary alicyclic amines) is 1. The summed E-state index contributed by atoms with van der Waals surface area (Å²) in [7, 11) is 0. The average Bonchev–Trinajstić information content (AvgIpc) is 3.17. The third-order valence-electron chi connectivity index (χ3n) is 5.27. The van der Waals surface area contributed by atoms with Crippen LogP contribution in [0.25, 0.3) is 0 Å². The molecule has 0 unspecified atom stereocenters. The maximum atomic E-state index is 12.7. The first-order chi connectivity index (χ1) is 13.2. The first-order valence-electron chi connectivity index (χ1n) is 9.57. The van der Waals surface area contributed by atoms with E-state index in [1.165, 1.54) is 5.56 Å². The first-order valence-corrected chi connectivity index (χ1v) is 9.57. The number of ether oxygens (including phenoxy) is 2. The largest absolute Gasteiger partial charge is 0.347 e. The number of aryl methyl sites for hydroxylation is 1. The number of carbonyl (C=O) groups excluding carboxylic acids is 1. The molecule has 27 heavy (non-hydrogen) atoms. The fourth-order valence-corrected chi connectivity index (χ4v) is 3.58. The van der Waals surface area contributed by atoms with Crippen LogP contribution in [-0.2, 0) is 15.9 Å². The highest BCUT2D eigenvalue weighted by Crippen LogP contribution is 2.31. The molecule has 142 valence electrons. The second-order valence-corrected chi connectivity index (χ2v) is 7.01. The van der Waals surface area contributed by atoms with Gasteiger partial charge in [-0.25, -0.2) is 4.98 Å². The lowest BCUT2D eigenvalue weighted by atomic mass is 10.0. The summed E-state index contributed by atoms with van der Waals surface area (Å²) in [5.74, 6) is 0.270. The normalized spacial score (nSPS) is 18.6.